The Bertz CT molecular complexity index is 1130. The molecule has 3 aromatic rings. The van der Waals surface area contributed by atoms with Gasteiger partial charge in [-0.25, -0.2) is 4.98 Å². The van der Waals surface area contributed by atoms with E-state index in [1.165, 1.54) is 0 Å². The van der Waals surface area contributed by atoms with Crippen molar-refractivity contribution in [2.24, 2.45) is 0 Å². The Kier molecular flexibility index (Phi) is 4.92. The second-order valence-electron chi connectivity index (χ2n) is 7.55. The average Bonchev–Trinajstić information content (AvgIpc) is 3.35. The van der Waals surface area contributed by atoms with E-state index in [0.717, 1.165) is 41.9 Å². The van der Waals surface area contributed by atoms with Crippen LogP contribution in [0.3, 0.4) is 0 Å². The lowest BCUT2D eigenvalue weighted by Crippen LogP contribution is -2.41. The monoisotopic (exact) mass is 385 g/mol. The molecular formula is C22H23N7. The molecule has 7 nitrogen and oxygen atoms in total. The van der Waals surface area contributed by atoms with E-state index in [9.17, 15) is 5.26 Å². The summed E-state index contributed by atoms with van der Waals surface area (Å²) < 4.78 is 1.78. The van der Waals surface area contributed by atoms with E-state index in [2.05, 4.69) is 58.2 Å². The molecule has 4 rings (SSSR count). The van der Waals surface area contributed by atoms with Crippen LogP contribution in [0.25, 0.3) is 16.8 Å². The molecule has 0 saturated carbocycles. The molecule has 1 fully saturated rings. The van der Waals surface area contributed by atoms with Gasteiger partial charge in [0.2, 0.25) is 0 Å². The largest absolute Gasteiger partial charge is 0.340 e. The summed E-state index contributed by atoms with van der Waals surface area (Å²) in [6, 6.07) is 14.6. The number of fused-ring (bicyclic) bond motifs is 1. The third kappa shape index (κ3) is 3.10. The quantitative estimate of drug-likeness (QED) is 0.686. The van der Waals surface area contributed by atoms with Gasteiger partial charge in [0.1, 0.15) is 17.5 Å². The Morgan fingerprint density at radius 2 is 1.97 bits per heavy atom. The highest BCUT2D eigenvalue weighted by molar-refractivity contribution is 5.85. The number of benzene rings is 1. The van der Waals surface area contributed by atoms with Crippen molar-refractivity contribution in [3.05, 3.63) is 47.3 Å². The van der Waals surface area contributed by atoms with Gasteiger partial charge < -0.3 is 4.90 Å². The second-order valence-corrected chi connectivity index (χ2v) is 7.55. The number of nitriles is 2. The van der Waals surface area contributed by atoms with E-state index in [1.807, 2.05) is 25.1 Å². The van der Waals surface area contributed by atoms with Crippen molar-refractivity contribution in [1.29, 1.82) is 10.5 Å². The number of hydrogen-bond donors (Lipinski definition) is 0. The van der Waals surface area contributed by atoms with E-state index < -0.39 is 0 Å². The van der Waals surface area contributed by atoms with Gasteiger partial charge in [-0.15, -0.1) is 5.10 Å². The number of hydrogen-bond acceptors (Lipinski definition) is 6. The van der Waals surface area contributed by atoms with E-state index >= 15 is 0 Å². The lowest BCUT2D eigenvalue weighted by molar-refractivity contribution is 0.299. The maximum absolute atomic E-state index is 9.91. The number of anilines is 1. The maximum Gasteiger partial charge on any atom is 0.176 e. The first kappa shape index (κ1) is 18.9. The van der Waals surface area contributed by atoms with Crippen molar-refractivity contribution in [3.8, 4) is 23.3 Å². The highest BCUT2D eigenvalue weighted by Gasteiger charge is 2.33. The molecule has 0 spiro atoms. The Morgan fingerprint density at radius 1 is 1.21 bits per heavy atom. The van der Waals surface area contributed by atoms with Gasteiger partial charge in [-0.2, -0.15) is 15.0 Å². The average molecular weight is 385 g/mol. The zero-order valence-electron chi connectivity index (χ0n) is 16.9. The minimum absolute atomic E-state index is 0.114. The van der Waals surface area contributed by atoms with Crippen LogP contribution in [0.1, 0.15) is 29.8 Å². The molecule has 146 valence electrons. The molecule has 7 heteroatoms. The predicted molar refractivity (Wildman–Crippen MR) is 111 cm³/mol. The highest BCUT2D eigenvalue weighted by Crippen LogP contribution is 2.40. The number of rotatable bonds is 4. The first-order valence-corrected chi connectivity index (χ1v) is 9.74. The van der Waals surface area contributed by atoms with Crippen LogP contribution in [0.2, 0.25) is 0 Å². The number of pyridine rings is 1. The molecule has 0 amide bonds. The van der Waals surface area contributed by atoms with Crippen LogP contribution in [-0.2, 0) is 6.42 Å². The Balaban J connectivity index is 2.10. The van der Waals surface area contributed by atoms with E-state index in [0.29, 0.717) is 17.0 Å². The molecule has 1 unspecified atom stereocenters. The van der Waals surface area contributed by atoms with Crippen molar-refractivity contribution < 1.29 is 0 Å². The Morgan fingerprint density at radius 3 is 2.62 bits per heavy atom. The molecule has 1 atom stereocenters. The fraction of sp³-hybridized carbons (Fsp3) is 0.364. The zero-order valence-corrected chi connectivity index (χ0v) is 16.9. The normalized spacial score (nSPS) is 16.3. The summed E-state index contributed by atoms with van der Waals surface area (Å²) >= 11 is 0. The summed E-state index contributed by atoms with van der Waals surface area (Å²) in [6.45, 7) is 2.88. The molecular weight excluding hydrogens is 362 g/mol. The van der Waals surface area contributed by atoms with Crippen molar-refractivity contribution in [2.75, 3.05) is 25.5 Å². The number of nitrogens with zero attached hydrogens (tertiary/aromatic N) is 7. The summed E-state index contributed by atoms with van der Waals surface area (Å²) in [7, 11) is 4.17. The van der Waals surface area contributed by atoms with Crippen LogP contribution in [0.15, 0.2) is 30.3 Å². The predicted octanol–water partition coefficient (Wildman–Crippen LogP) is 3.13. The summed E-state index contributed by atoms with van der Waals surface area (Å²) in [5.41, 5.74) is 3.96. The minimum atomic E-state index is 0.114. The van der Waals surface area contributed by atoms with Crippen LogP contribution in [0, 0.1) is 29.6 Å². The molecule has 29 heavy (non-hydrogen) atoms. The Labute approximate surface area is 170 Å². The smallest absolute Gasteiger partial charge is 0.176 e. The van der Waals surface area contributed by atoms with E-state index in [1.54, 1.807) is 4.52 Å². The molecule has 1 aromatic carbocycles. The lowest BCUT2D eigenvalue weighted by Gasteiger charge is -2.33. The molecule has 0 aliphatic carbocycles. The minimum Gasteiger partial charge on any atom is -0.340 e. The highest BCUT2D eigenvalue weighted by atomic mass is 15.4. The van der Waals surface area contributed by atoms with E-state index in [4.69, 9.17) is 5.26 Å². The van der Waals surface area contributed by atoms with Crippen molar-refractivity contribution >= 4 is 11.5 Å². The van der Waals surface area contributed by atoms with Crippen molar-refractivity contribution in [3.63, 3.8) is 0 Å². The maximum atomic E-state index is 9.91. The molecule has 0 N–H and O–H groups in total. The summed E-state index contributed by atoms with van der Waals surface area (Å²) in [5.74, 6) is 1.38. The molecule has 0 bridgehead atoms. The SMILES string of the molecule is Cc1c(-c2ccccc2)c(N2CCCC2N(C)C)n2nc(CC#N)nc2c1C#N. The van der Waals surface area contributed by atoms with Crippen molar-refractivity contribution in [1.82, 2.24) is 19.5 Å². The lowest BCUT2D eigenvalue weighted by atomic mass is 9.97. The van der Waals surface area contributed by atoms with Gasteiger partial charge in [0, 0.05) is 12.1 Å². The van der Waals surface area contributed by atoms with Gasteiger partial charge in [-0.3, -0.25) is 4.90 Å². The molecule has 1 aliphatic heterocycles. The summed E-state index contributed by atoms with van der Waals surface area (Å²) in [4.78, 5) is 9.11. The topological polar surface area (TPSA) is 84.2 Å². The first-order chi connectivity index (χ1) is 14.1. The van der Waals surface area contributed by atoms with Gasteiger partial charge >= 0.3 is 0 Å². The van der Waals surface area contributed by atoms with Gasteiger partial charge in [0.25, 0.3) is 0 Å². The standard InChI is InChI=1S/C22H23N7/c1-15-17(14-24)21-25-18(11-12-23)26-29(21)22(20(15)16-8-5-4-6-9-16)28-13-7-10-19(28)27(2)3/h4-6,8-9,19H,7,10-11,13H2,1-3H3. The molecule has 3 heterocycles. The van der Waals surface area contributed by atoms with Gasteiger partial charge in [0.15, 0.2) is 11.5 Å². The summed E-state index contributed by atoms with van der Waals surface area (Å²) in [6.07, 6.45) is 2.48. The molecule has 1 aliphatic rings. The fourth-order valence-electron chi connectivity index (χ4n) is 4.26. The molecule has 2 aromatic heterocycles. The van der Waals surface area contributed by atoms with Gasteiger partial charge in [-0.05, 0) is 45.0 Å². The van der Waals surface area contributed by atoms with Crippen LogP contribution >= 0.6 is 0 Å². The van der Waals surface area contributed by atoms with Crippen LogP contribution < -0.4 is 4.90 Å². The number of aromatic nitrogens is 3. The van der Waals surface area contributed by atoms with Gasteiger partial charge in [0.05, 0.1) is 18.7 Å². The summed E-state index contributed by atoms with van der Waals surface area (Å²) in [5, 5.41) is 23.7. The first-order valence-electron chi connectivity index (χ1n) is 9.74. The molecule has 1 saturated heterocycles. The zero-order chi connectivity index (χ0) is 20.5. The fourth-order valence-corrected chi connectivity index (χ4v) is 4.26. The second kappa shape index (κ2) is 7.54. The third-order valence-electron chi connectivity index (χ3n) is 5.55. The Hall–Kier alpha value is -3.42. The van der Waals surface area contributed by atoms with Crippen LogP contribution in [-0.4, -0.2) is 46.3 Å². The van der Waals surface area contributed by atoms with Crippen LogP contribution in [0.4, 0.5) is 5.82 Å². The molecule has 0 radical (unpaired) electrons. The van der Waals surface area contributed by atoms with Crippen molar-refractivity contribution in [2.45, 2.75) is 32.4 Å². The van der Waals surface area contributed by atoms with Gasteiger partial charge in [-0.1, -0.05) is 30.3 Å². The van der Waals surface area contributed by atoms with Crippen LogP contribution in [0.5, 0.6) is 0 Å². The third-order valence-corrected chi connectivity index (χ3v) is 5.55. The van der Waals surface area contributed by atoms with E-state index in [-0.39, 0.29) is 12.6 Å².